The number of benzene rings is 1. The van der Waals surface area contributed by atoms with Crippen LogP contribution in [-0.2, 0) is 19.6 Å². The molecule has 1 aliphatic heterocycles. The molecule has 3 heterocycles. The highest BCUT2D eigenvalue weighted by atomic mass is 19.3. The van der Waals surface area contributed by atoms with Crippen LogP contribution < -0.4 is 4.74 Å². The number of fused-ring (bicyclic) bond motifs is 1. The summed E-state index contributed by atoms with van der Waals surface area (Å²) in [4.78, 5) is 22.3. The Morgan fingerprint density at radius 1 is 1.17 bits per heavy atom. The molecule has 1 amide bonds. The molecule has 0 saturated carbocycles. The molecular formula is C20H19F2N5O2. The molecule has 0 radical (unpaired) electrons. The van der Waals surface area contributed by atoms with Crippen LogP contribution >= 0.6 is 0 Å². The van der Waals surface area contributed by atoms with E-state index < -0.39 is 13.0 Å². The molecular weight excluding hydrogens is 380 g/mol. The number of carbonyl (C=O) groups is 1. The molecule has 0 N–H and O–H groups in total. The summed E-state index contributed by atoms with van der Waals surface area (Å²) in [5, 5.41) is 4.28. The lowest BCUT2D eigenvalue weighted by molar-refractivity contribution is 0.0719. The highest BCUT2D eigenvalue weighted by molar-refractivity contribution is 5.99. The first-order valence-corrected chi connectivity index (χ1v) is 9.21. The number of nitrogens with zero attached hydrogens (tertiary/aromatic N) is 5. The van der Waals surface area contributed by atoms with Crippen LogP contribution in [0.15, 0.2) is 43.0 Å². The third kappa shape index (κ3) is 3.94. The van der Waals surface area contributed by atoms with E-state index >= 15 is 0 Å². The fourth-order valence-electron chi connectivity index (χ4n) is 3.24. The minimum Gasteiger partial charge on any atom is -0.471 e. The minimum atomic E-state index is -2.64. The van der Waals surface area contributed by atoms with Gasteiger partial charge in [-0.3, -0.25) is 9.48 Å². The summed E-state index contributed by atoms with van der Waals surface area (Å²) in [7, 11) is 0. The van der Waals surface area contributed by atoms with Gasteiger partial charge in [0.15, 0.2) is 6.61 Å². The summed E-state index contributed by atoms with van der Waals surface area (Å²) < 4.78 is 31.7. The van der Waals surface area contributed by atoms with Gasteiger partial charge in [-0.1, -0.05) is 24.3 Å². The Morgan fingerprint density at radius 2 is 1.97 bits per heavy atom. The fourth-order valence-corrected chi connectivity index (χ4v) is 3.24. The lowest BCUT2D eigenvalue weighted by Gasteiger charge is -2.15. The van der Waals surface area contributed by atoms with E-state index in [4.69, 9.17) is 4.74 Å². The lowest BCUT2D eigenvalue weighted by Crippen LogP contribution is -2.23. The van der Waals surface area contributed by atoms with E-state index in [1.807, 2.05) is 48.3 Å². The van der Waals surface area contributed by atoms with Gasteiger partial charge in [0.1, 0.15) is 11.9 Å². The molecule has 1 aromatic carbocycles. The third-order valence-corrected chi connectivity index (χ3v) is 4.70. The van der Waals surface area contributed by atoms with Gasteiger partial charge in [-0.25, -0.2) is 18.7 Å². The van der Waals surface area contributed by atoms with Gasteiger partial charge in [0, 0.05) is 24.8 Å². The van der Waals surface area contributed by atoms with Crippen LogP contribution in [0.25, 0.3) is 11.1 Å². The van der Waals surface area contributed by atoms with Gasteiger partial charge in [0.25, 0.3) is 12.3 Å². The number of alkyl halides is 2. The van der Waals surface area contributed by atoms with Gasteiger partial charge >= 0.3 is 0 Å². The number of aryl methyl sites for hydroxylation is 1. The number of amides is 1. The second-order valence-electron chi connectivity index (χ2n) is 6.65. The SMILES string of the molecule is CCn1cc(-c2ccc(CN3Cc4ncnc(OCC(F)F)c4C3=O)cc2)cn1. The molecule has 4 rings (SSSR count). The van der Waals surface area contributed by atoms with Gasteiger partial charge in [-0.2, -0.15) is 5.10 Å². The first kappa shape index (κ1) is 19.0. The third-order valence-electron chi connectivity index (χ3n) is 4.70. The molecule has 29 heavy (non-hydrogen) atoms. The van der Waals surface area contributed by atoms with Gasteiger partial charge in [0.2, 0.25) is 5.88 Å². The molecule has 0 spiro atoms. The summed E-state index contributed by atoms with van der Waals surface area (Å²) in [5.41, 5.74) is 3.66. The normalized spacial score (nSPS) is 13.2. The zero-order valence-electron chi connectivity index (χ0n) is 15.8. The molecule has 0 fully saturated rings. The number of aromatic nitrogens is 4. The highest BCUT2D eigenvalue weighted by Gasteiger charge is 2.33. The summed E-state index contributed by atoms with van der Waals surface area (Å²) in [6, 6.07) is 7.87. The minimum absolute atomic E-state index is 0.0916. The molecule has 0 saturated heterocycles. The van der Waals surface area contributed by atoms with E-state index in [1.165, 1.54) is 6.33 Å². The number of rotatable bonds is 7. The van der Waals surface area contributed by atoms with Gasteiger partial charge < -0.3 is 9.64 Å². The van der Waals surface area contributed by atoms with Crippen molar-refractivity contribution in [3.8, 4) is 17.0 Å². The Balaban J connectivity index is 1.47. The Bertz CT molecular complexity index is 1020. The molecule has 0 aliphatic carbocycles. The molecule has 0 unspecified atom stereocenters. The maximum Gasteiger partial charge on any atom is 0.272 e. The number of carbonyl (C=O) groups excluding carboxylic acids is 1. The van der Waals surface area contributed by atoms with Crippen molar-refractivity contribution in [2.75, 3.05) is 6.61 Å². The van der Waals surface area contributed by atoms with Crippen LogP contribution in [0, 0.1) is 0 Å². The predicted molar refractivity (Wildman–Crippen MR) is 100 cm³/mol. The van der Waals surface area contributed by atoms with E-state index in [0.29, 0.717) is 12.2 Å². The van der Waals surface area contributed by atoms with Crippen molar-refractivity contribution in [1.29, 1.82) is 0 Å². The van der Waals surface area contributed by atoms with Crippen LogP contribution in [-0.4, -0.2) is 43.6 Å². The van der Waals surface area contributed by atoms with Gasteiger partial charge in [0.05, 0.1) is 18.4 Å². The van der Waals surface area contributed by atoms with Crippen molar-refractivity contribution in [3.63, 3.8) is 0 Å². The Kier molecular flexibility index (Phi) is 5.20. The number of ether oxygens (including phenoxy) is 1. The van der Waals surface area contributed by atoms with E-state index in [-0.39, 0.29) is 23.9 Å². The van der Waals surface area contributed by atoms with Crippen LogP contribution in [0.3, 0.4) is 0 Å². The zero-order valence-corrected chi connectivity index (χ0v) is 15.8. The van der Waals surface area contributed by atoms with Crippen LogP contribution in [0.5, 0.6) is 5.88 Å². The standard InChI is InChI=1S/C20H19F2N5O2/c1-2-27-9-15(7-25-27)14-5-3-13(4-6-14)8-26-10-16-18(20(26)28)19(24-12-23-16)29-11-17(21)22/h3-7,9,12,17H,2,8,10-11H2,1H3. The second kappa shape index (κ2) is 7.94. The monoisotopic (exact) mass is 399 g/mol. The molecule has 7 nitrogen and oxygen atoms in total. The summed E-state index contributed by atoms with van der Waals surface area (Å²) in [6.07, 6.45) is 2.38. The first-order chi connectivity index (χ1) is 14.0. The van der Waals surface area contributed by atoms with E-state index in [9.17, 15) is 13.6 Å². The molecule has 0 bridgehead atoms. The van der Waals surface area contributed by atoms with E-state index in [1.54, 1.807) is 4.90 Å². The molecule has 2 aromatic heterocycles. The maximum absolute atomic E-state index is 12.8. The number of hydrogen-bond donors (Lipinski definition) is 0. The molecule has 3 aromatic rings. The van der Waals surface area contributed by atoms with Crippen molar-refractivity contribution in [1.82, 2.24) is 24.6 Å². The van der Waals surface area contributed by atoms with Gasteiger partial charge in [-0.15, -0.1) is 0 Å². The lowest BCUT2D eigenvalue weighted by atomic mass is 10.1. The Labute approximate surface area is 166 Å². The van der Waals surface area contributed by atoms with Crippen molar-refractivity contribution in [2.24, 2.45) is 0 Å². The smallest absolute Gasteiger partial charge is 0.272 e. The van der Waals surface area contributed by atoms with Crippen molar-refractivity contribution in [3.05, 3.63) is 59.8 Å². The van der Waals surface area contributed by atoms with E-state index in [2.05, 4.69) is 15.1 Å². The summed E-state index contributed by atoms with van der Waals surface area (Å²) in [6.45, 7) is 2.68. The molecule has 9 heteroatoms. The number of hydrogen-bond acceptors (Lipinski definition) is 5. The van der Waals surface area contributed by atoms with Crippen molar-refractivity contribution in [2.45, 2.75) is 33.0 Å². The van der Waals surface area contributed by atoms with Crippen LogP contribution in [0.4, 0.5) is 8.78 Å². The van der Waals surface area contributed by atoms with Crippen LogP contribution in [0.2, 0.25) is 0 Å². The predicted octanol–water partition coefficient (Wildman–Crippen LogP) is 3.16. The average Bonchev–Trinajstić information content (AvgIpc) is 3.32. The van der Waals surface area contributed by atoms with E-state index in [0.717, 1.165) is 23.2 Å². The largest absolute Gasteiger partial charge is 0.471 e. The second-order valence-corrected chi connectivity index (χ2v) is 6.65. The summed E-state index contributed by atoms with van der Waals surface area (Å²) in [5.74, 6) is -0.413. The topological polar surface area (TPSA) is 73.1 Å². The van der Waals surface area contributed by atoms with Crippen molar-refractivity contribution < 1.29 is 18.3 Å². The molecule has 150 valence electrons. The van der Waals surface area contributed by atoms with Crippen LogP contribution in [0.1, 0.15) is 28.5 Å². The van der Waals surface area contributed by atoms with Crippen molar-refractivity contribution >= 4 is 5.91 Å². The molecule has 1 aliphatic rings. The quantitative estimate of drug-likeness (QED) is 0.610. The zero-order chi connectivity index (χ0) is 20.4. The Morgan fingerprint density at radius 3 is 2.66 bits per heavy atom. The average molecular weight is 399 g/mol. The first-order valence-electron chi connectivity index (χ1n) is 9.21. The number of halogens is 2. The fraction of sp³-hybridized carbons (Fsp3) is 0.300. The highest BCUT2D eigenvalue weighted by Crippen LogP contribution is 2.29. The summed E-state index contributed by atoms with van der Waals surface area (Å²) >= 11 is 0. The van der Waals surface area contributed by atoms with Gasteiger partial charge in [-0.05, 0) is 18.1 Å². The molecule has 0 atom stereocenters. The maximum atomic E-state index is 12.8. The Hall–Kier alpha value is -3.36.